The molecule has 150 valence electrons. The highest BCUT2D eigenvalue weighted by atomic mass is 32.2. The average molecular weight is 415 g/mol. The molecule has 10 heteroatoms. The molecule has 1 N–H and O–H groups in total. The minimum absolute atomic E-state index is 0.293. The summed E-state index contributed by atoms with van der Waals surface area (Å²) in [5.74, 6) is -1.58. The predicted octanol–water partition coefficient (Wildman–Crippen LogP) is 4.42. The lowest BCUT2D eigenvalue weighted by molar-refractivity contribution is -0.275. The molecule has 6 nitrogen and oxygen atoms in total. The highest BCUT2D eigenvalue weighted by molar-refractivity contribution is 7.89. The minimum Gasteiger partial charge on any atom is -0.506 e. The number of alkyl halides is 3. The second-order valence-corrected chi connectivity index (χ2v) is 7.97. The lowest BCUT2D eigenvalue weighted by Gasteiger charge is -2.24. The number of aromatic hydroxyl groups is 1. The Hall–Kier alpha value is -2.72. The first-order valence-electron chi connectivity index (χ1n) is 8.05. The SMILES string of the molecule is CC(c1cc2ccccc2o1)N(C)S(=O)(=O)c1c(O)cccc1OC(F)(F)F. The quantitative estimate of drug-likeness (QED) is 0.667. The van der Waals surface area contributed by atoms with Gasteiger partial charge >= 0.3 is 6.36 Å². The van der Waals surface area contributed by atoms with Gasteiger partial charge in [0.25, 0.3) is 10.0 Å². The van der Waals surface area contributed by atoms with Crippen molar-refractivity contribution >= 4 is 21.0 Å². The molecule has 1 atom stereocenters. The first-order valence-corrected chi connectivity index (χ1v) is 9.49. The van der Waals surface area contributed by atoms with E-state index >= 15 is 0 Å². The molecule has 0 fully saturated rings. The van der Waals surface area contributed by atoms with Crippen LogP contribution in [0.5, 0.6) is 11.5 Å². The third kappa shape index (κ3) is 3.78. The van der Waals surface area contributed by atoms with Gasteiger partial charge in [-0.05, 0) is 31.2 Å². The third-order valence-corrected chi connectivity index (χ3v) is 6.22. The van der Waals surface area contributed by atoms with Gasteiger partial charge in [-0.2, -0.15) is 4.31 Å². The van der Waals surface area contributed by atoms with Gasteiger partial charge in [-0.25, -0.2) is 8.42 Å². The summed E-state index contributed by atoms with van der Waals surface area (Å²) in [4.78, 5) is -0.974. The largest absolute Gasteiger partial charge is 0.573 e. The molecule has 3 aromatic rings. The van der Waals surface area contributed by atoms with Crippen LogP contribution in [0.1, 0.15) is 18.7 Å². The average Bonchev–Trinajstić information content (AvgIpc) is 3.03. The topological polar surface area (TPSA) is 80.0 Å². The molecule has 3 rings (SSSR count). The molecule has 0 aliphatic carbocycles. The molecule has 0 saturated carbocycles. The zero-order valence-electron chi connectivity index (χ0n) is 14.8. The predicted molar refractivity (Wildman–Crippen MR) is 94.4 cm³/mol. The highest BCUT2D eigenvalue weighted by Crippen LogP contribution is 2.39. The Labute approximate surface area is 158 Å². The van der Waals surface area contributed by atoms with Gasteiger partial charge in [-0.3, -0.25) is 0 Å². The van der Waals surface area contributed by atoms with E-state index in [2.05, 4.69) is 4.74 Å². The maximum Gasteiger partial charge on any atom is 0.573 e. The molecule has 0 aliphatic heterocycles. The highest BCUT2D eigenvalue weighted by Gasteiger charge is 2.38. The first-order chi connectivity index (χ1) is 13.0. The fourth-order valence-corrected chi connectivity index (χ4v) is 4.21. The summed E-state index contributed by atoms with van der Waals surface area (Å²) in [6, 6.07) is 10.6. The Kier molecular flexibility index (Phi) is 5.02. The molecule has 1 aromatic heterocycles. The molecule has 0 spiro atoms. The molecular formula is C18H16F3NO5S. The standard InChI is InChI=1S/C18H16F3NO5S/c1-11(16-10-12-6-3-4-8-14(12)26-16)22(2)28(24,25)17-13(23)7-5-9-15(17)27-18(19,20)21/h3-11,23H,1-2H3. The van der Waals surface area contributed by atoms with Gasteiger partial charge in [0, 0.05) is 12.4 Å². The Balaban J connectivity index is 2.02. The number of benzene rings is 2. The Morgan fingerprint density at radius 1 is 1.14 bits per heavy atom. The molecule has 28 heavy (non-hydrogen) atoms. The van der Waals surface area contributed by atoms with Crippen molar-refractivity contribution in [3.05, 3.63) is 54.3 Å². The van der Waals surface area contributed by atoms with Crippen LogP contribution in [0.25, 0.3) is 11.0 Å². The molecule has 1 heterocycles. The number of halogens is 3. The lowest BCUT2D eigenvalue weighted by Crippen LogP contribution is -2.30. The van der Waals surface area contributed by atoms with E-state index in [0.29, 0.717) is 11.3 Å². The molecular weight excluding hydrogens is 399 g/mol. The van der Waals surface area contributed by atoms with Crippen molar-refractivity contribution in [3.8, 4) is 11.5 Å². The normalized spacial score (nSPS) is 13.8. The minimum atomic E-state index is -5.12. The molecule has 2 aromatic carbocycles. The van der Waals surface area contributed by atoms with Crippen molar-refractivity contribution in [1.29, 1.82) is 0 Å². The van der Waals surface area contributed by atoms with E-state index < -0.39 is 38.8 Å². The summed E-state index contributed by atoms with van der Waals surface area (Å²) < 4.78 is 74.1. The monoisotopic (exact) mass is 415 g/mol. The number of phenolic OH excluding ortho intramolecular Hbond substituents is 1. The fourth-order valence-electron chi connectivity index (χ4n) is 2.71. The van der Waals surface area contributed by atoms with E-state index in [1.54, 1.807) is 30.3 Å². The second-order valence-electron chi connectivity index (χ2n) is 6.04. The number of hydrogen-bond donors (Lipinski definition) is 1. The van der Waals surface area contributed by atoms with Gasteiger partial charge in [-0.1, -0.05) is 24.3 Å². The van der Waals surface area contributed by atoms with Crippen molar-refractivity contribution in [2.75, 3.05) is 7.05 Å². The number of rotatable bonds is 5. The summed E-state index contributed by atoms with van der Waals surface area (Å²) in [6.45, 7) is 1.51. The van der Waals surface area contributed by atoms with Crippen LogP contribution in [0.4, 0.5) is 13.2 Å². The smallest absolute Gasteiger partial charge is 0.506 e. The molecule has 1 unspecified atom stereocenters. The lowest BCUT2D eigenvalue weighted by atomic mass is 10.2. The van der Waals surface area contributed by atoms with E-state index in [9.17, 15) is 26.7 Å². The van der Waals surface area contributed by atoms with Crippen LogP contribution >= 0.6 is 0 Å². The number of sulfonamides is 1. The van der Waals surface area contributed by atoms with Crippen molar-refractivity contribution < 1.29 is 35.8 Å². The van der Waals surface area contributed by atoms with Gasteiger partial charge in [0.15, 0.2) is 10.6 Å². The van der Waals surface area contributed by atoms with Gasteiger partial charge in [0.2, 0.25) is 0 Å². The van der Waals surface area contributed by atoms with Gasteiger partial charge in [0.05, 0.1) is 6.04 Å². The van der Waals surface area contributed by atoms with E-state index in [4.69, 9.17) is 4.42 Å². The Bertz CT molecular complexity index is 1070. The van der Waals surface area contributed by atoms with Gasteiger partial charge in [-0.15, -0.1) is 13.2 Å². The van der Waals surface area contributed by atoms with Gasteiger partial charge in [0.1, 0.15) is 17.1 Å². The van der Waals surface area contributed by atoms with Crippen LogP contribution < -0.4 is 4.74 Å². The number of ether oxygens (including phenoxy) is 1. The maximum absolute atomic E-state index is 13.0. The summed E-state index contributed by atoms with van der Waals surface area (Å²) in [5, 5.41) is 10.7. The van der Waals surface area contributed by atoms with Crippen LogP contribution in [-0.4, -0.2) is 31.2 Å². The maximum atomic E-state index is 13.0. The van der Waals surface area contributed by atoms with Crippen LogP contribution in [0.15, 0.2) is 57.8 Å². The summed E-state index contributed by atoms with van der Waals surface area (Å²) in [6.07, 6.45) is -5.12. The van der Waals surface area contributed by atoms with Crippen molar-refractivity contribution in [2.45, 2.75) is 24.2 Å². The number of para-hydroxylation sites is 1. The zero-order valence-corrected chi connectivity index (χ0v) is 15.6. The molecule has 0 radical (unpaired) electrons. The van der Waals surface area contributed by atoms with E-state index in [-0.39, 0.29) is 0 Å². The Morgan fingerprint density at radius 3 is 2.46 bits per heavy atom. The van der Waals surface area contributed by atoms with Crippen molar-refractivity contribution in [3.63, 3.8) is 0 Å². The number of furan rings is 1. The number of phenols is 1. The van der Waals surface area contributed by atoms with Crippen molar-refractivity contribution in [1.82, 2.24) is 4.31 Å². The van der Waals surface area contributed by atoms with E-state index in [1.807, 2.05) is 0 Å². The van der Waals surface area contributed by atoms with E-state index in [0.717, 1.165) is 27.9 Å². The number of nitrogens with zero attached hydrogens (tertiary/aromatic N) is 1. The van der Waals surface area contributed by atoms with Crippen LogP contribution in [0.2, 0.25) is 0 Å². The molecule has 0 saturated heterocycles. The van der Waals surface area contributed by atoms with Crippen LogP contribution in [-0.2, 0) is 10.0 Å². The number of hydrogen-bond acceptors (Lipinski definition) is 5. The number of fused-ring (bicyclic) bond motifs is 1. The summed E-state index contributed by atoms with van der Waals surface area (Å²) in [7, 11) is -3.38. The molecule has 0 bridgehead atoms. The zero-order chi connectivity index (χ0) is 20.7. The van der Waals surface area contributed by atoms with Crippen LogP contribution in [0, 0.1) is 0 Å². The fraction of sp³-hybridized carbons (Fsp3) is 0.222. The third-order valence-electron chi connectivity index (χ3n) is 4.22. The summed E-state index contributed by atoms with van der Waals surface area (Å²) in [5.41, 5.74) is 0.541. The van der Waals surface area contributed by atoms with Crippen LogP contribution in [0.3, 0.4) is 0 Å². The molecule has 0 aliphatic rings. The summed E-state index contributed by atoms with van der Waals surface area (Å²) >= 11 is 0. The molecule has 0 amide bonds. The first kappa shape index (κ1) is 20.0. The van der Waals surface area contributed by atoms with Crippen molar-refractivity contribution in [2.24, 2.45) is 0 Å². The second kappa shape index (κ2) is 7.02. The van der Waals surface area contributed by atoms with E-state index in [1.165, 1.54) is 14.0 Å². The van der Waals surface area contributed by atoms with Gasteiger partial charge < -0.3 is 14.3 Å². The Morgan fingerprint density at radius 2 is 1.82 bits per heavy atom.